The van der Waals surface area contributed by atoms with Crippen molar-refractivity contribution in [2.45, 2.75) is 26.7 Å². The molecule has 0 aromatic heterocycles. The second-order valence-electron chi connectivity index (χ2n) is 6.18. The first-order chi connectivity index (χ1) is 7.62. The molecule has 4 saturated heterocycles. The molecule has 4 fully saturated rings. The van der Waals surface area contributed by atoms with Crippen LogP contribution in [0.1, 0.15) is 26.7 Å². The third-order valence-electron chi connectivity index (χ3n) is 4.53. The van der Waals surface area contributed by atoms with Crippen molar-refractivity contribution in [2.75, 3.05) is 32.8 Å². The zero-order valence-electron chi connectivity index (χ0n) is 10.4. The SMILES string of the molecule is CCCC12CN3CN(CC(C)(C3)C1=NN)C2. The first-order valence-corrected chi connectivity index (χ1v) is 6.35. The molecule has 0 spiro atoms. The van der Waals surface area contributed by atoms with E-state index in [9.17, 15) is 0 Å². The Morgan fingerprint density at radius 3 is 2.38 bits per heavy atom. The maximum Gasteiger partial charge on any atom is 0.0547 e. The average Bonchev–Trinajstić information content (AvgIpc) is 2.14. The van der Waals surface area contributed by atoms with E-state index in [-0.39, 0.29) is 10.8 Å². The van der Waals surface area contributed by atoms with Crippen LogP contribution in [0.5, 0.6) is 0 Å². The highest BCUT2D eigenvalue weighted by Gasteiger charge is 2.58. The molecule has 4 aliphatic heterocycles. The van der Waals surface area contributed by atoms with Gasteiger partial charge in [0.05, 0.1) is 12.4 Å². The van der Waals surface area contributed by atoms with E-state index in [1.807, 2.05) is 0 Å². The Morgan fingerprint density at radius 2 is 1.88 bits per heavy atom. The lowest BCUT2D eigenvalue weighted by Gasteiger charge is -2.64. The fourth-order valence-electron chi connectivity index (χ4n) is 4.53. The van der Waals surface area contributed by atoms with Gasteiger partial charge in [-0.2, -0.15) is 5.10 Å². The second-order valence-corrected chi connectivity index (χ2v) is 6.18. The van der Waals surface area contributed by atoms with Crippen LogP contribution in [0, 0.1) is 10.8 Å². The normalized spacial score (nSPS) is 52.5. The predicted octanol–water partition coefficient (Wildman–Crippen LogP) is 0.696. The van der Waals surface area contributed by atoms with Crippen molar-refractivity contribution < 1.29 is 0 Å². The van der Waals surface area contributed by atoms with Gasteiger partial charge in [-0.05, 0) is 6.42 Å². The van der Waals surface area contributed by atoms with E-state index in [1.165, 1.54) is 31.6 Å². The van der Waals surface area contributed by atoms with Crippen LogP contribution >= 0.6 is 0 Å². The largest absolute Gasteiger partial charge is 0.323 e. The number of hydrogen-bond acceptors (Lipinski definition) is 4. The minimum atomic E-state index is 0.207. The average molecular weight is 222 g/mol. The maximum absolute atomic E-state index is 5.71. The van der Waals surface area contributed by atoms with Crippen molar-refractivity contribution in [3.63, 3.8) is 0 Å². The van der Waals surface area contributed by atoms with Crippen LogP contribution in [0.3, 0.4) is 0 Å². The molecule has 0 radical (unpaired) electrons. The molecule has 0 amide bonds. The van der Waals surface area contributed by atoms with E-state index in [4.69, 9.17) is 5.84 Å². The molecule has 4 bridgehead atoms. The van der Waals surface area contributed by atoms with E-state index in [1.54, 1.807) is 0 Å². The van der Waals surface area contributed by atoms with Gasteiger partial charge in [-0.25, -0.2) is 0 Å². The zero-order valence-corrected chi connectivity index (χ0v) is 10.4. The number of piperidine rings is 2. The Bertz CT molecular complexity index is 322. The Labute approximate surface area is 97.5 Å². The molecule has 2 atom stereocenters. The van der Waals surface area contributed by atoms with Crippen LogP contribution in [-0.2, 0) is 0 Å². The molecule has 16 heavy (non-hydrogen) atoms. The van der Waals surface area contributed by atoms with Crippen molar-refractivity contribution in [3.05, 3.63) is 0 Å². The number of hydrogen-bond donors (Lipinski definition) is 1. The lowest BCUT2D eigenvalue weighted by Crippen LogP contribution is -2.75. The molecule has 4 nitrogen and oxygen atoms in total. The zero-order chi connectivity index (χ0) is 11.4. The van der Waals surface area contributed by atoms with Gasteiger partial charge in [-0.3, -0.25) is 9.80 Å². The highest BCUT2D eigenvalue weighted by atomic mass is 15.4. The standard InChI is InChI=1S/C12H22N4/c1-3-4-12-7-15-5-11(2,10(12)14-13)6-16(8-12)9-15/h3-9,13H2,1-2H3. The van der Waals surface area contributed by atoms with Gasteiger partial charge in [0.15, 0.2) is 0 Å². The van der Waals surface area contributed by atoms with Gasteiger partial charge in [-0.15, -0.1) is 0 Å². The summed E-state index contributed by atoms with van der Waals surface area (Å²) in [5.41, 5.74) is 1.76. The van der Waals surface area contributed by atoms with E-state index in [2.05, 4.69) is 28.7 Å². The molecule has 0 aliphatic carbocycles. The molecule has 0 aromatic rings. The Kier molecular flexibility index (Phi) is 2.11. The summed E-state index contributed by atoms with van der Waals surface area (Å²) < 4.78 is 0. The van der Waals surface area contributed by atoms with Crippen LogP contribution in [0.2, 0.25) is 0 Å². The van der Waals surface area contributed by atoms with Crippen LogP contribution in [-0.4, -0.2) is 48.4 Å². The van der Waals surface area contributed by atoms with Gasteiger partial charge in [0.1, 0.15) is 0 Å². The third kappa shape index (κ3) is 1.20. The minimum absolute atomic E-state index is 0.207. The Hall–Kier alpha value is -0.610. The molecule has 0 aromatic carbocycles. The van der Waals surface area contributed by atoms with E-state index in [0.29, 0.717) is 0 Å². The number of hydrazone groups is 1. The van der Waals surface area contributed by atoms with Crippen LogP contribution in [0.4, 0.5) is 0 Å². The molecule has 2 unspecified atom stereocenters. The first kappa shape index (κ1) is 10.5. The van der Waals surface area contributed by atoms with E-state index in [0.717, 1.165) is 19.8 Å². The molecular formula is C12H22N4. The molecule has 4 rings (SSSR count). The summed E-state index contributed by atoms with van der Waals surface area (Å²) in [7, 11) is 0. The minimum Gasteiger partial charge on any atom is -0.323 e. The number of nitrogens with two attached hydrogens (primary N) is 1. The van der Waals surface area contributed by atoms with Crippen molar-refractivity contribution >= 4 is 5.71 Å². The highest BCUT2D eigenvalue weighted by Crippen LogP contribution is 2.48. The van der Waals surface area contributed by atoms with Crippen LogP contribution in [0.15, 0.2) is 5.10 Å². The lowest BCUT2D eigenvalue weighted by molar-refractivity contribution is -0.0821. The Morgan fingerprint density at radius 1 is 1.25 bits per heavy atom. The van der Waals surface area contributed by atoms with Gasteiger partial charge in [-0.1, -0.05) is 20.3 Å². The topological polar surface area (TPSA) is 44.9 Å². The second kappa shape index (κ2) is 3.20. The fraction of sp³-hybridized carbons (Fsp3) is 0.917. The smallest absolute Gasteiger partial charge is 0.0547 e. The van der Waals surface area contributed by atoms with Gasteiger partial charge in [0.25, 0.3) is 0 Å². The van der Waals surface area contributed by atoms with E-state index < -0.39 is 0 Å². The summed E-state index contributed by atoms with van der Waals surface area (Å²) in [6.07, 6.45) is 2.45. The van der Waals surface area contributed by atoms with Gasteiger partial charge in [0, 0.05) is 37.0 Å². The van der Waals surface area contributed by atoms with Gasteiger partial charge in [0.2, 0.25) is 0 Å². The molecule has 4 heterocycles. The molecular weight excluding hydrogens is 200 g/mol. The Balaban J connectivity index is 2.04. The number of nitrogens with zero attached hydrogens (tertiary/aromatic N) is 3. The third-order valence-corrected chi connectivity index (χ3v) is 4.53. The van der Waals surface area contributed by atoms with Gasteiger partial charge >= 0.3 is 0 Å². The summed E-state index contributed by atoms with van der Waals surface area (Å²) >= 11 is 0. The predicted molar refractivity (Wildman–Crippen MR) is 65.1 cm³/mol. The number of rotatable bonds is 2. The quantitative estimate of drug-likeness (QED) is 0.552. The molecule has 90 valence electrons. The summed E-state index contributed by atoms with van der Waals surface area (Å²) in [5.74, 6) is 5.71. The summed E-state index contributed by atoms with van der Waals surface area (Å²) in [6.45, 7) is 10.4. The van der Waals surface area contributed by atoms with Crippen molar-refractivity contribution in [1.82, 2.24) is 9.80 Å². The monoisotopic (exact) mass is 222 g/mol. The van der Waals surface area contributed by atoms with E-state index >= 15 is 0 Å². The van der Waals surface area contributed by atoms with Crippen LogP contribution < -0.4 is 5.84 Å². The summed E-state index contributed by atoms with van der Waals surface area (Å²) in [6, 6.07) is 0. The molecule has 4 aliphatic rings. The van der Waals surface area contributed by atoms with Crippen molar-refractivity contribution in [3.8, 4) is 0 Å². The lowest BCUT2D eigenvalue weighted by atomic mass is 9.60. The molecule has 2 N–H and O–H groups in total. The summed E-state index contributed by atoms with van der Waals surface area (Å²) in [4.78, 5) is 5.16. The van der Waals surface area contributed by atoms with Gasteiger partial charge < -0.3 is 5.84 Å². The molecule has 4 heteroatoms. The van der Waals surface area contributed by atoms with Crippen molar-refractivity contribution in [1.29, 1.82) is 0 Å². The van der Waals surface area contributed by atoms with Crippen molar-refractivity contribution in [2.24, 2.45) is 21.8 Å². The summed E-state index contributed by atoms with van der Waals surface area (Å²) in [5, 5.41) is 4.21. The fourth-order valence-corrected chi connectivity index (χ4v) is 4.53. The molecule has 0 saturated carbocycles. The highest BCUT2D eigenvalue weighted by molar-refractivity contribution is 5.97. The maximum atomic E-state index is 5.71. The first-order valence-electron chi connectivity index (χ1n) is 6.35. The van der Waals surface area contributed by atoms with Crippen LogP contribution in [0.25, 0.3) is 0 Å².